The molecule has 2 atom stereocenters. The molecule has 0 aromatic heterocycles. The number of aliphatic hydroxyl groups excluding tert-OH is 1. The zero-order valence-electron chi connectivity index (χ0n) is 12.6. The summed E-state index contributed by atoms with van der Waals surface area (Å²) >= 11 is 6.07. The van der Waals surface area contributed by atoms with E-state index in [9.17, 15) is 9.50 Å². The van der Waals surface area contributed by atoms with E-state index in [1.54, 1.807) is 12.1 Å². The van der Waals surface area contributed by atoms with Crippen LogP contribution >= 0.6 is 11.6 Å². The Hall–Kier alpha value is -0.680. The second-order valence-electron chi connectivity index (χ2n) is 5.73. The molecule has 0 amide bonds. The second kappa shape index (κ2) is 7.05. The predicted molar refractivity (Wildman–Crippen MR) is 82.2 cm³/mol. The molecule has 1 saturated heterocycles. The first-order valence-corrected chi connectivity index (χ1v) is 7.80. The highest BCUT2D eigenvalue weighted by Crippen LogP contribution is 2.29. The molecule has 1 fully saturated rings. The van der Waals surface area contributed by atoms with Crippen LogP contribution in [0.2, 0.25) is 5.02 Å². The fourth-order valence-electron chi connectivity index (χ4n) is 2.88. The third-order valence-corrected chi connectivity index (χ3v) is 4.98. The highest BCUT2D eigenvalue weighted by atomic mass is 35.5. The number of halogens is 2. The molecule has 2 rings (SSSR count). The normalized spacial score (nSPS) is 21.0. The van der Waals surface area contributed by atoms with Gasteiger partial charge in [-0.2, -0.15) is 0 Å². The second-order valence-corrected chi connectivity index (χ2v) is 6.14. The Morgan fingerprint density at radius 2 is 2.10 bits per heavy atom. The summed E-state index contributed by atoms with van der Waals surface area (Å²) in [4.78, 5) is 2.23. The number of rotatable bonds is 5. The van der Waals surface area contributed by atoms with Gasteiger partial charge in [-0.15, -0.1) is 0 Å². The minimum Gasteiger partial charge on any atom is -0.391 e. The van der Waals surface area contributed by atoms with Gasteiger partial charge in [-0.25, -0.2) is 4.39 Å². The number of benzene rings is 1. The maximum Gasteiger partial charge on any atom is 0.127 e. The van der Waals surface area contributed by atoms with Crippen molar-refractivity contribution in [1.29, 1.82) is 0 Å². The van der Waals surface area contributed by atoms with Gasteiger partial charge < -0.3 is 9.84 Å². The summed E-state index contributed by atoms with van der Waals surface area (Å²) < 4.78 is 19.3. The molecule has 1 aromatic carbocycles. The topological polar surface area (TPSA) is 32.7 Å². The summed E-state index contributed by atoms with van der Waals surface area (Å²) in [6.45, 7) is 6.98. The van der Waals surface area contributed by atoms with Crippen molar-refractivity contribution in [3.8, 4) is 0 Å². The number of hydrogen-bond acceptors (Lipinski definition) is 3. The van der Waals surface area contributed by atoms with Gasteiger partial charge in [0.15, 0.2) is 0 Å². The molecule has 21 heavy (non-hydrogen) atoms. The Labute approximate surface area is 130 Å². The van der Waals surface area contributed by atoms with Gasteiger partial charge in [-0.1, -0.05) is 24.6 Å². The van der Waals surface area contributed by atoms with Crippen LogP contribution in [0.5, 0.6) is 0 Å². The lowest BCUT2D eigenvalue weighted by Crippen LogP contribution is -2.58. The molecular formula is C16H23ClFNO2. The first-order valence-electron chi connectivity index (χ1n) is 7.42. The summed E-state index contributed by atoms with van der Waals surface area (Å²) in [5, 5.41) is 11.1. The van der Waals surface area contributed by atoms with Gasteiger partial charge in [0.1, 0.15) is 5.82 Å². The van der Waals surface area contributed by atoms with E-state index >= 15 is 0 Å². The van der Waals surface area contributed by atoms with Gasteiger partial charge in [0.05, 0.1) is 19.3 Å². The van der Waals surface area contributed by atoms with E-state index in [2.05, 4.69) is 4.90 Å². The van der Waals surface area contributed by atoms with Crippen LogP contribution in [0.1, 0.15) is 25.8 Å². The molecule has 2 unspecified atom stereocenters. The molecule has 1 aliphatic rings. The number of aliphatic hydroxyl groups is 1. The van der Waals surface area contributed by atoms with Crippen molar-refractivity contribution < 1.29 is 14.2 Å². The van der Waals surface area contributed by atoms with E-state index in [0.29, 0.717) is 23.8 Å². The summed E-state index contributed by atoms with van der Waals surface area (Å²) in [5.74, 6) is -0.359. The van der Waals surface area contributed by atoms with Crippen molar-refractivity contribution in [2.24, 2.45) is 0 Å². The molecular weight excluding hydrogens is 293 g/mol. The lowest BCUT2D eigenvalue weighted by atomic mass is 9.85. The van der Waals surface area contributed by atoms with Crippen LogP contribution in [0.3, 0.4) is 0 Å². The molecule has 1 heterocycles. The predicted octanol–water partition coefficient (Wildman–Crippen LogP) is 2.88. The van der Waals surface area contributed by atoms with Crippen LogP contribution in [0.15, 0.2) is 18.2 Å². The lowest BCUT2D eigenvalue weighted by Gasteiger charge is -2.46. The quantitative estimate of drug-likeness (QED) is 0.907. The Morgan fingerprint density at radius 1 is 1.43 bits per heavy atom. The smallest absolute Gasteiger partial charge is 0.127 e. The largest absolute Gasteiger partial charge is 0.391 e. The third kappa shape index (κ3) is 3.57. The maximum atomic E-state index is 13.9. The van der Waals surface area contributed by atoms with Crippen LogP contribution in [0.4, 0.5) is 4.39 Å². The molecule has 0 radical (unpaired) electrons. The Balaban J connectivity index is 2.17. The van der Waals surface area contributed by atoms with E-state index < -0.39 is 11.6 Å². The number of nitrogens with zero attached hydrogens (tertiary/aromatic N) is 1. The molecule has 0 bridgehead atoms. The Bertz CT molecular complexity index is 459. The van der Waals surface area contributed by atoms with Gasteiger partial charge in [0.25, 0.3) is 0 Å². The highest BCUT2D eigenvalue weighted by Gasteiger charge is 2.38. The zero-order valence-corrected chi connectivity index (χ0v) is 13.4. The fourth-order valence-corrected chi connectivity index (χ4v) is 3.12. The van der Waals surface area contributed by atoms with Crippen LogP contribution in [-0.4, -0.2) is 48.0 Å². The number of hydrogen-bond donors (Lipinski definition) is 1. The Morgan fingerprint density at radius 3 is 2.67 bits per heavy atom. The molecule has 3 nitrogen and oxygen atoms in total. The third-order valence-electron chi connectivity index (χ3n) is 4.63. The fraction of sp³-hybridized carbons (Fsp3) is 0.625. The minimum absolute atomic E-state index is 0.215. The van der Waals surface area contributed by atoms with Gasteiger partial charge in [-0.05, 0) is 25.5 Å². The van der Waals surface area contributed by atoms with Crippen molar-refractivity contribution in [1.82, 2.24) is 4.90 Å². The first-order chi connectivity index (χ1) is 9.99. The van der Waals surface area contributed by atoms with Crippen molar-refractivity contribution in [2.75, 3.05) is 26.3 Å². The number of ether oxygens (including phenoxy) is 1. The molecule has 0 saturated carbocycles. The van der Waals surface area contributed by atoms with Crippen molar-refractivity contribution >= 4 is 11.6 Å². The summed E-state index contributed by atoms with van der Waals surface area (Å²) in [6, 6.07) is 4.62. The zero-order chi connectivity index (χ0) is 15.5. The summed E-state index contributed by atoms with van der Waals surface area (Å²) in [6.07, 6.45) is 0.308. The van der Waals surface area contributed by atoms with Crippen molar-refractivity contribution in [3.05, 3.63) is 34.6 Å². The SMILES string of the molecule is CCC(C)(C(O)Cc1c(F)cccc1Cl)N1CCOCC1. The molecule has 0 aliphatic carbocycles. The van der Waals surface area contributed by atoms with E-state index in [0.717, 1.165) is 19.5 Å². The molecule has 0 spiro atoms. The van der Waals surface area contributed by atoms with Crippen LogP contribution in [0, 0.1) is 5.82 Å². The molecule has 5 heteroatoms. The van der Waals surface area contributed by atoms with Crippen molar-refractivity contribution in [3.63, 3.8) is 0 Å². The van der Waals surface area contributed by atoms with Crippen molar-refractivity contribution in [2.45, 2.75) is 38.3 Å². The maximum absolute atomic E-state index is 13.9. The molecule has 1 N–H and O–H groups in total. The average molecular weight is 316 g/mol. The minimum atomic E-state index is -0.685. The van der Waals surface area contributed by atoms with E-state index in [-0.39, 0.29) is 12.2 Å². The van der Waals surface area contributed by atoms with E-state index in [1.165, 1.54) is 6.07 Å². The lowest BCUT2D eigenvalue weighted by molar-refractivity contribution is -0.0716. The molecule has 118 valence electrons. The van der Waals surface area contributed by atoms with Gasteiger partial charge in [-0.3, -0.25) is 4.90 Å². The first kappa shape index (κ1) is 16.7. The standard InChI is InChI=1S/C16H23ClFNO2/c1-3-16(2,19-7-9-21-10-8-19)15(20)11-12-13(17)5-4-6-14(12)18/h4-6,15,20H,3,7-11H2,1-2H3. The van der Waals surface area contributed by atoms with Crippen LogP contribution in [-0.2, 0) is 11.2 Å². The van der Waals surface area contributed by atoms with Crippen LogP contribution in [0.25, 0.3) is 0 Å². The monoisotopic (exact) mass is 315 g/mol. The summed E-state index contributed by atoms with van der Waals surface area (Å²) in [7, 11) is 0. The Kier molecular flexibility index (Phi) is 5.60. The van der Waals surface area contributed by atoms with Crippen LogP contribution < -0.4 is 0 Å². The van der Waals surface area contributed by atoms with Gasteiger partial charge >= 0.3 is 0 Å². The average Bonchev–Trinajstić information content (AvgIpc) is 2.51. The highest BCUT2D eigenvalue weighted by molar-refractivity contribution is 6.31. The van der Waals surface area contributed by atoms with E-state index in [4.69, 9.17) is 16.3 Å². The summed E-state index contributed by atoms with van der Waals surface area (Å²) in [5.41, 5.74) is -0.0188. The molecule has 1 aliphatic heterocycles. The molecule has 1 aromatic rings. The van der Waals surface area contributed by atoms with Gasteiger partial charge in [0.2, 0.25) is 0 Å². The van der Waals surface area contributed by atoms with E-state index in [1.807, 2.05) is 13.8 Å². The number of morpholine rings is 1. The van der Waals surface area contributed by atoms with Gasteiger partial charge in [0, 0.05) is 35.6 Å².